The molecule has 0 radical (unpaired) electrons. The van der Waals surface area contributed by atoms with Gasteiger partial charge in [-0.25, -0.2) is 19.2 Å². The lowest BCUT2D eigenvalue weighted by Gasteiger charge is -2.59. The van der Waals surface area contributed by atoms with Gasteiger partial charge in [-0.15, -0.1) is 0 Å². The van der Waals surface area contributed by atoms with Gasteiger partial charge >= 0.3 is 23.9 Å². The van der Waals surface area contributed by atoms with E-state index >= 15 is 0 Å². The number of hydrogen-bond acceptors (Lipinski definition) is 17. The van der Waals surface area contributed by atoms with Crippen molar-refractivity contribution in [2.24, 2.45) is 46.3 Å². The van der Waals surface area contributed by atoms with Crippen LogP contribution < -0.4 is 4.74 Å². The molecule has 0 amide bonds. The Kier molecular flexibility index (Phi) is 17.6. The quantitative estimate of drug-likeness (QED) is 0.0579. The number of benzene rings is 5. The Hall–Kier alpha value is -6.80. The Morgan fingerprint density at radius 1 is 0.543 bits per heavy atom. The Morgan fingerprint density at radius 3 is 1.71 bits per heavy atom. The zero-order chi connectivity index (χ0) is 63.5. The number of carbonyl (C=O) groups is 4. The third kappa shape index (κ3) is 11.8. The molecule has 17 heteroatoms. The van der Waals surface area contributed by atoms with Gasteiger partial charge in [0.15, 0.2) is 55.2 Å². The first-order chi connectivity index (χ1) is 44.6. The third-order valence-corrected chi connectivity index (χ3v) is 22.4. The molecule has 5 aromatic rings. The first kappa shape index (κ1) is 62.6. The van der Waals surface area contributed by atoms with Gasteiger partial charge in [0.2, 0.25) is 0 Å². The van der Waals surface area contributed by atoms with Crippen LogP contribution in [0.4, 0.5) is 0 Å². The summed E-state index contributed by atoms with van der Waals surface area (Å²) in [5, 5.41) is 0. The Morgan fingerprint density at radius 2 is 1.12 bits per heavy atom. The minimum Gasteiger partial charge on any atom is -0.497 e. The van der Waals surface area contributed by atoms with Gasteiger partial charge in [0, 0.05) is 17.9 Å². The van der Waals surface area contributed by atoms with Crippen LogP contribution in [0.1, 0.15) is 146 Å². The van der Waals surface area contributed by atoms with Crippen LogP contribution >= 0.6 is 0 Å². The van der Waals surface area contributed by atoms with Gasteiger partial charge in [-0.2, -0.15) is 0 Å². The van der Waals surface area contributed by atoms with Crippen LogP contribution in [0.15, 0.2) is 157 Å². The maximum absolute atomic E-state index is 14.8. The lowest BCUT2D eigenvalue weighted by atomic mass is 9.47. The molecule has 5 saturated heterocycles. The van der Waals surface area contributed by atoms with Crippen molar-refractivity contribution in [3.63, 3.8) is 0 Å². The summed E-state index contributed by atoms with van der Waals surface area (Å²) in [6, 6.07) is 40.9. The van der Waals surface area contributed by atoms with E-state index in [1.165, 1.54) is 5.57 Å². The van der Waals surface area contributed by atoms with Gasteiger partial charge in [0.25, 0.3) is 0 Å². The van der Waals surface area contributed by atoms with Crippen molar-refractivity contribution in [1.29, 1.82) is 0 Å². The fourth-order valence-electron chi connectivity index (χ4n) is 17.5. The highest BCUT2D eigenvalue weighted by Crippen LogP contribution is 2.71. The van der Waals surface area contributed by atoms with Crippen molar-refractivity contribution in [2.75, 3.05) is 20.3 Å². The highest BCUT2D eigenvalue weighted by atomic mass is 16.8. The second-order valence-electron chi connectivity index (χ2n) is 27.6. The summed E-state index contributed by atoms with van der Waals surface area (Å²) in [6.45, 7) is 12.1. The first-order valence-electron chi connectivity index (χ1n) is 33.2. The first-order valence-corrected chi connectivity index (χ1v) is 33.2. The van der Waals surface area contributed by atoms with E-state index < -0.39 is 103 Å². The molecule has 0 aromatic heterocycles. The lowest BCUT2D eigenvalue weighted by Crippen LogP contribution is -2.67. The standard InChI is InChI=1S/C75H84O17/c1-43-33-38-75(82-41-43)44(2)59-57(92-75)40-56-54-32-29-51-39-53(34-36-73(51,4)55(54)35-37-74(56,59)5)84-72-65(63(88-68(78)48-23-15-9-16-24-48)61-58(85-72)42-81-70(90-61)50-27-30-52(80-6)31-28-50)91-71-64(89-69(79)49-25-17-10-18-26-49)62(87-67(77)47-21-13-8-14-22-47)60(45(3)83-71)86-66(76)46-19-11-7-12-20-46/h7-31,43-45,53-65,70-72H,32-42H2,1-6H3/t43-,44+,45?,53+,54-,55+,56+,57+,58?,59+,60?,61-,62?,63?,64?,65+,70?,71?,72-,73+,74+,75-/m1/s1. The minimum atomic E-state index is -1.67. The molecule has 8 fully saturated rings. The number of carbonyl (C=O) groups excluding carboxylic acids is 4. The summed E-state index contributed by atoms with van der Waals surface area (Å²) in [5.41, 5.74) is 2.94. The van der Waals surface area contributed by atoms with E-state index in [4.69, 9.17) is 61.6 Å². The second kappa shape index (κ2) is 25.8. The highest BCUT2D eigenvalue weighted by molar-refractivity contribution is 5.91. The van der Waals surface area contributed by atoms with Crippen molar-refractivity contribution < 1.29 is 80.8 Å². The van der Waals surface area contributed by atoms with Crippen molar-refractivity contribution in [2.45, 2.75) is 178 Å². The topological polar surface area (TPSA) is 188 Å². The average Bonchev–Trinajstić information content (AvgIpc) is 1.51. The van der Waals surface area contributed by atoms with Crippen molar-refractivity contribution in [1.82, 2.24) is 0 Å². The van der Waals surface area contributed by atoms with Gasteiger partial charge < -0.3 is 61.6 Å². The summed E-state index contributed by atoms with van der Waals surface area (Å²) < 4.78 is 87.2. The minimum absolute atomic E-state index is 0.00334. The normalized spacial score (nSPS) is 38.6. The molecule has 9 aliphatic rings. The van der Waals surface area contributed by atoms with E-state index in [1.54, 1.807) is 147 Å². The fraction of sp³-hybridized carbons (Fsp3) is 0.520. The number of ether oxygens (including phenoxy) is 13. The molecule has 5 aromatic carbocycles. The van der Waals surface area contributed by atoms with E-state index in [-0.39, 0.29) is 45.8 Å². The predicted octanol–water partition coefficient (Wildman–Crippen LogP) is 12.6. The monoisotopic (exact) mass is 1260 g/mol. The van der Waals surface area contributed by atoms with E-state index in [1.807, 2.05) is 12.1 Å². The van der Waals surface area contributed by atoms with Gasteiger partial charge in [0.05, 0.1) is 60.9 Å². The molecule has 1 spiro atoms. The number of fused-ring (bicyclic) bond motifs is 8. The predicted molar refractivity (Wildman–Crippen MR) is 334 cm³/mol. The van der Waals surface area contributed by atoms with Crippen molar-refractivity contribution >= 4 is 23.9 Å². The van der Waals surface area contributed by atoms with Crippen LogP contribution in [0.5, 0.6) is 5.75 Å². The van der Waals surface area contributed by atoms with Gasteiger partial charge in [-0.3, -0.25) is 0 Å². The van der Waals surface area contributed by atoms with Gasteiger partial charge in [-0.1, -0.05) is 124 Å². The summed E-state index contributed by atoms with van der Waals surface area (Å²) in [7, 11) is 1.59. The number of allylic oxidation sites excluding steroid dienone is 1. The Labute approximate surface area is 537 Å². The lowest BCUT2D eigenvalue weighted by molar-refractivity contribution is -0.394. The SMILES string of the molecule is COc1ccc(C2OCC3O[C@@H](O[C@H]4CC[C@@]5(C)C(=CC[C@H]6[C@@H]7C[C@@H]8O[C@]9(CC[C@@H](C)CO9)[C@@H](C)[C@@H]8[C@@]7(C)CC[C@@H]65)C4)[C@@H](OC4OC(C)C(OC(=O)c5ccccc5)C(OC(=O)c5ccccc5)C4OC(=O)c4ccccc4)C(OC(=O)c4ccccc4)[C@@H]3O2)cc1. The number of esters is 4. The number of methoxy groups -OCH3 is 1. The van der Waals surface area contributed by atoms with Gasteiger partial charge in [0.1, 0.15) is 18.0 Å². The van der Waals surface area contributed by atoms with Crippen LogP contribution in [0.3, 0.4) is 0 Å². The summed E-state index contributed by atoms with van der Waals surface area (Å²) >= 11 is 0. The van der Waals surface area contributed by atoms with Crippen molar-refractivity contribution in [3.8, 4) is 5.75 Å². The zero-order valence-electron chi connectivity index (χ0n) is 53.1. The molecule has 0 bridgehead atoms. The smallest absolute Gasteiger partial charge is 0.338 e. The molecule has 0 N–H and O–H groups in total. The Bertz CT molecular complexity index is 3450. The van der Waals surface area contributed by atoms with E-state index in [0.29, 0.717) is 59.7 Å². The van der Waals surface area contributed by atoms with E-state index in [9.17, 15) is 19.2 Å². The van der Waals surface area contributed by atoms with Crippen LogP contribution in [-0.4, -0.2) is 124 Å². The molecular weight excluding hydrogens is 1170 g/mol. The van der Waals surface area contributed by atoms with Crippen LogP contribution in [0.25, 0.3) is 0 Å². The third-order valence-electron chi connectivity index (χ3n) is 22.4. The average molecular weight is 1260 g/mol. The largest absolute Gasteiger partial charge is 0.497 e. The molecule has 8 unspecified atom stereocenters. The number of rotatable bonds is 14. The molecule has 486 valence electrons. The second-order valence-corrected chi connectivity index (χ2v) is 27.6. The molecule has 22 atom stereocenters. The number of hydrogen-bond donors (Lipinski definition) is 0. The summed E-state index contributed by atoms with van der Waals surface area (Å²) in [4.78, 5) is 58.1. The molecule has 5 heterocycles. The van der Waals surface area contributed by atoms with Crippen LogP contribution in [0, 0.1) is 46.3 Å². The van der Waals surface area contributed by atoms with E-state index in [0.717, 1.165) is 51.6 Å². The van der Waals surface area contributed by atoms with Crippen molar-refractivity contribution in [3.05, 3.63) is 185 Å². The Balaban J connectivity index is 0.808. The molecule has 17 nitrogen and oxygen atoms in total. The molecule has 4 aliphatic carbocycles. The molecule has 3 saturated carbocycles. The molecule has 92 heavy (non-hydrogen) atoms. The molecule has 14 rings (SSSR count). The summed E-state index contributed by atoms with van der Waals surface area (Å²) in [6.07, 6.45) is -3.41. The van der Waals surface area contributed by atoms with Gasteiger partial charge in [-0.05, 0) is 159 Å². The van der Waals surface area contributed by atoms with E-state index in [2.05, 4.69) is 33.8 Å². The fourth-order valence-corrected chi connectivity index (χ4v) is 17.5. The maximum atomic E-state index is 14.8. The molecule has 5 aliphatic heterocycles. The summed E-state index contributed by atoms with van der Waals surface area (Å²) in [5.74, 6) is 0.00123. The highest BCUT2D eigenvalue weighted by Gasteiger charge is 2.69. The maximum Gasteiger partial charge on any atom is 0.338 e. The molecular formula is C75H84O17. The zero-order valence-corrected chi connectivity index (χ0v) is 53.1. The van der Waals surface area contributed by atoms with Crippen LogP contribution in [0.2, 0.25) is 0 Å². The van der Waals surface area contributed by atoms with Crippen LogP contribution in [-0.2, 0) is 56.8 Å².